The topological polar surface area (TPSA) is 26.0 Å². The highest BCUT2D eigenvalue weighted by atomic mass is 79.9. The van der Waals surface area contributed by atoms with E-state index in [4.69, 9.17) is 5.73 Å². The van der Waals surface area contributed by atoms with Gasteiger partial charge in [0.05, 0.1) is 0 Å². The van der Waals surface area contributed by atoms with Crippen molar-refractivity contribution in [2.45, 2.75) is 18.5 Å². The Morgan fingerprint density at radius 2 is 2.31 bits per heavy atom. The van der Waals surface area contributed by atoms with Crippen LogP contribution in [0.4, 0.5) is 4.39 Å². The first-order valence-electron chi connectivity index (χ1n) is 4.33. The number of fused-ring (bicyclic) bond motifs is 1. The molecule has 0 aromatic heterocycles. The molecule has 70 valence electrons. The molecule has 1 aromatic carbocycles. The summed E-state index contributed by atoms with van der Waals surface area (Å²) >= 11 is 3.37. The van der Waals surface area contributed by atoms with E-state index in [1.165, 1.54) is 0 Å². The van der Waals surface area contributed by atoms with Crippen LogP contribution in [-0.2, 0) is 12.1 Å². The Morgan fingerprint density at radius 3 is 3.00 bits per heavy atom. The van der Waals surface area contributed by atoms with Gasteiger partial charge in [0.2, 0.25) is 0 Å². The van der Waals surface area contributed by atoms with Gasteiger partial charge in [-0.1, -0.05) is 22.0 Å². The van der Waals surface area contributed by atoms with Crippen molar-refractivity contribution in [1.29, 1.82) is 0 Å². The molecular formula is C10H11BrFN. The van der Waals surface area contributed by atoms with Gasteiger partial charge in [0.25, 0.3) is 0 Å². The molecule has 0 heterocycles. The highest BCUT2D eigenvalue weighted by Gasteiger charge is 2.37. The molecule has 2 N–H and O–H groups in total. The lowest BCUT2D eigenvalue weighted by atomic mass is 9.98. The summed E-state index contributed by atoms with van der Waals surface area (Å²) in [7, 11) is 0. The van der Waals surface area contributed by atoms with E-state index in [1.54, 1.807) is 0 Å². The Bertz CT molecular complexity index is 340. The molecule has 0 amide bonds. The van der Waals surface area contributed by atoms with E-state index in [0.717, 1.165) is 22.0 Å². The molecule has 0 spiro atoms. The summed E-state index contributed by atoms with van der Waals surface area (Å²) in [4.78, 5) is 0. The standard InChI is InChI=1S/C10H11BrFN/c11-8-1-2-9-7(5-8)3-4-10(9,12)6-13/h1-2,5H,3-4,6,13H2/t10-/m1/s1. The van der Waals surface area contributed by atoms with Gasteiger partial charge in [-0.25, -0.2) is 4.39 Å². The van der Waals surface area contributed by atoms with Crippen LogP contribution in [0.15, 0.2) is 22.7 Å². The number of benzene rings is 1. The van der Waals surface area contributed by atoms with Crippen molar-refractivity contribution >= 4 is 15.9 Å². The maximum absolute atomic E-state index is 14.0. The van der Waals surface area contributed by atoms with Crippen LogP contribution in [0.3, 0.4) is 0 Å². The Balaban J connectivity index is 2.49. The van der Waals surface area contributed by atoms with Crippen LogP contribution in [0.5, 0.6) is 0 Å². The molecule has 0 saturated carbocycles. The first kappa shape index (κ1) is 9.16. The molecule has 1 aromatic rings. The molecule has 0 saturated heterocycles. The average Bonchev–Trinajstić information content (AvgIpc) is 2.45. The Hall–Kier alpha value is -0.410. The van der Waals surface area contributed by atoms with Crippen LogP contribution < -0.4 is 5.73 Å². The summed E-state index contributed by atoms with van der Waals surface area (Å²) < 4.78 is 15.0. The lowest BCUT2D eigenvalue weighted by Gasteiger charge is -2.17. The zero-order chi connectivity index (χ0) is 9.47. The average molecular weight is 244 g/mol. The van der Waals surface area contributed by atoms with Crippen molar-refractivity contribution in [3.8, 4) is 0 Å². The molecule has 0 fully saturated rings. The molecule has 0 radical (unpaired) electrons. The van der Waals surface area contributed by atoms with E-state index < -0.39 is 5.67 Å². The molecule has 3 heteroatoms. The fraction of sp³-hybridized carbons (Fsp3) is 0.400. The number of nitrogens with two attached hydrogens (primary N) is 1. The van der Waals surface area contributed by atoms with E-state index in [2.05, 4.69) is 15.9 Å². The molecule has 13 heavy (non-hydrogen) atoms. The van der Waals surface area contributed by atoms with E-state index in [0.29, 0.717) is 6.42 Å². The third-order valence-corrected chi connectivity index (χ3v) is 3.16. The summed E-state index contributed by atoms with van der Waals surface area (Å²) in [6.45, 7) is 0.0850. The fourth-order valence-corrected chi connectivity index (χ4v) is 2.29. The van der Waals surface area contributed by atoms with Crippen LogP contribution >= 0.6 is 15.9 Å². The number of rotatable bonds is 1. The summed E-state index contributed by atoms with van der Waals surface area (Å²) in [5.74, 6) is 0. The largest absolute Gasteiger partial charge is 0.327 e. The summed E-state index contributed by atoms with van der Waals surface area (Å²) in [6, 6.07) is 5.68. The minimum absolute atomic E-state index is 0.0850. The zero-order valence-corrected chi connectivity index (χ0v) is 8.77. The second kappa shape index (κ2) is 3.07. The zero-order valence-electron chi connectivity index (χ0n) is 7.19. The Morgan fingerprint density at radius 1 is 1.54 bits per heavy atom. The van der Waals surface area contributed by atoms with Gasteiger partial charge in [0.1, 0.15) is 5.67 Å². The molecule has 0 aliphatic heterocycles. The lowest BCUT2D eigenvalue weighted by molar-refractivity contribution is 0.177. The predicted octanol–water partition coefficient (Wildman–Crippen LogP) is 2.52. The van der Waals surface area contributed by atoms with Crippen molar-refractivity contribution in [2.75, 3.05) is 6.54 Å². The minimum Gasteiger partial charge on any atom is -0.327 e. The summed E-state index contributed by atoms with van der Waals surface area (Å²) in [6.07, 6.45) is 1.32. The molecular weight excluding hydrogens is 233 g/mol. The Kier molecular flexibility index (Phi) is 2.16. The van der Waals surface area contributed by atoms with Crippen molar-refractivity contribution < 1.29 is 4.39 Å². The van der Waals surface area contributed by atoms with Crippen molar-refractivity contribution in [3.63, 3.8) is 0 Å². The third kappa shape index (κ3) is 1.40. The van der Waals surface area contributed by atoms with Gasteiger partial charge >= 0.3 is 0 Å². The van der Waals surface area contributed by atoms with E-state index in [-0.39, 0.29) is 6.54 Å². The van der Waals surface area contributed by atoms with Gasteiger partial charge in [-0.3, -0.25) is 0 Å². The van der Waals surface area contributed by atoms with Gasteiger partial charge in [-0.15, -0.1) is 0 Å². The highest BCUT2D eigenvalue weighted by Crippen LogP contribution is 2.40. The molecule has 0 bridgehead atoms. The maximum Gasteiger partial charge on any atom is 0.148 e. The smallest absolute Gasteiger partial charge is 0.148 e. The van der Waals surface area contributed by atoms with Crippen LogP contribution in [0.25, 0.3) is 0 Å². The minimum atomic E-state index is -1.28. The first-order chi connectivity index (χ1) is 6.15. The highest BCUT2D eigenvalue weighted by molar-refractivity contribution is 9.10. The van der Waals surface area contributed by atoms with Gasteiger partial charge in [-0.2, -0.15) is 0 Å². The number of halogens is 2. The van der Waals surface area contributed by atoms with Gasteiger partial charge < -0.3 is 5.73 Å². The SMILES string of the molecule is NC[C@]1(F)CCc2cc(Br)ccc21. The lowest BCUT2D eigenvalue weighted by Crippen LogP contribution is -2.27. The van der Waals surface area contributed by atoms with Crippen LogP contribution in [0, 0.1) is 0 Å². The van der Waals surface area contributed by atoms with E-state index in [1.807, 2.05) is 18.2 Å². The molecule has 1 aliphatic rings. The molecule has 2 rings (SSSR count). The molecule has 1 aliphatic carbocycles. The van der Waals surface area contributed by atoms with Gasteiger partial charge in [-0.05, 0) is 36.1 Å². The van der Waals surface area contributed by atoms with Gasteiger partial charge in [0.15, 0.2) is 0 Å². The van der Waals surface area contributed by atoms with Crippen molar-refractivity contribution in [2.24, 2.45) is 5.73 Å². The summed E-state index contributed by atoms with van der Waals surface area (Å²) in [5, 5.41) is 0. The second-order valence-corrected chi connectivity index (χ2v) is 4.39. The van der Waals surface area contributed by atoms with Crippen LogP contribution in [0.2, 0.25) is 0 Å². The van der Waals surface area contributed by atoms with Crippen LogP contribution in [0.1, 0.15) is 17.5 Å². The van der Waals surface area contributed by atoms with E-state index in [9.17, 15) is 4.39 Å². The van der Waals surface area contributed by atoms with Gasteiger partial charge in [0, 0.05) is 11.0 Å². The first-order valence-corrected chi connectivity index (χ1v) is 5.13. The van der Waals surface area contributed by atoms with E-state index >= 15 is 0 Å². The van der Waals surface area contributed by atoms with Crippen molar-refractivity contribution in [3.05, 3.63) is 33.8 Å². The summed E-state index contributed by atoms with van der Waals surface area (Å²) in [5.41, 5.74) is 6.01. The quantitative estimate of drug-likeness (QED) is 0.807. The normalized spacial score (nSPS) is 26.1. The molecule has 0 unspecified atom stereocenters. The third-order valence-electron chi connectivity index (χ3n) is 2.66. The fourth-order valence-electron chi connectivity index (χ4n) is 1.89. The molecule has 1 atom stereocenters. The van der Waals surface area contributed by atoms with Crippen LogP contribution in [-0.4, -0.2) is 6.54 Å². The predicted molar refractivity (Wildman–Crippen MR) is 54.3 cm³/mol. The second-order valence-electron chi connectivity index (χ2n) is 3.47. The van der Waals surface area contributed by atoms with Crippen molar-refractivity contribution in [1.82, 2.24) is 0 Å². The maximum atomic E-state index is 14.0. The molecule has 1 nitrogen and oxygen atoms in total. The number of alkyl halides is 1. The monoisotopic (exact) mass is 243 g/mol. The number of hydrogen-bond acceptors (Lipinski definition) is 1. The Labute approximate surface area is 85.3 Å². The number of aryl methyl sites for hydroxylation is 1. The number of hydrogen-bond donors (Lipinski definition) is 1.